The number of hydrogen-bond acceptors (Lipinski definition) is 3. The Morgan fingerprint density at radius 3 is 2.35 bits per heavy atom. The SMILES string of the molecule is Cc1ccc(NCCS(=O)(=O)C(C)C)cc1C(F)(F)F. The van der Waals surface area contributed by atoms with Crippen LogP contribution in [0.2, 0.25) is 0 Å². The predicted molar refractivity (Wildman–Crippen MR) is 73.6 cm³/mol. The lowest BCUT2D eigenvalue weighted by Gasteiger charge is -2.14. The molecule has 0 aliphatic rings. The zero-order valence-electron chi connectivity index (χ0n) is 11.6. The predicted octanol–water partition coefficient (Wildman–Crippen LogP) is 3.25. The van der Waals surface area contributed by atoms with Crippen molar-refractivity contribution in [3.05, 3.63) is 29.3 Å². The van der Waals surface area contributed by atoms with Crippen LogP contribution in [-0.2, 0) is 16.0 Å². The van der Waals surface area contributed by atoms with Crippen molar-refractivity contribution in [2.75, 3.05) is 17.6 Å². The molecule has 0 aliphatic carbocycles. The molecule has 0 radical (unpaired) electrons. The Balaban J connectivity index is 2.76. The Morgan fingerprint density at radius 2 is 1.85 bits per heavy atom. The highest BCUT2D eigenvalue weighted by Gasteiger charge is 2.32. The number of hydrogen-bond donors (Lipinski definition) is 1. The number of sulfone groups is 1. The standard InChI is InChI=1S/C13H18F3NO2S/c1-9(2)20(18,19)7-6-17-11-5-4-10(3)12(8-11)13(14,15)16/h4-5,8-9,17H,6-7H2,1-3H3. The highest BCUT2D eigenvalue weighted by Crippen LogP contribution is 2.33. The molecule has 0 saturated heterocycles. The average Bonchev–Trinajstić information content (AvgIpc) is 2.29. The number of benzene rings is 1. The van der Waals surface area contributed by atoms with Gasteiger partial charge in [-0.15, -0.1) is 0 Å². The summed E-state index contributed by atoms with van der Waals surface area (Å²) < 4.78 is 61.3. The molecule has 0 heterocycles. The lowest BCUT2D eigenvalue weighted by atomic mass is 10.1. The first-order valence-corrected chi connectivity index (χ1v) is 7.89. The number of nitrogens with one attached hydrogen (secondary N) is 1. The van der Waals surface area contributed by atoms with E-state index in [4.69, 9.17) is 0 Å². The van der Waals surface area contributed by atoms with Gasteiger partial charge in [0.05, 0.1) is 16.6 Å². The van der Waals surface area contributed by atoms with Crippen LogP contribution in [0.4, 0.5) is 18.9 Å². The topological polar surface area (TPSA) is 46.2 Å². The van der Waals surface area contributed by atoms with Gasteiger partial charge in [0.25, 0.3) is 0 Å². The second kappa shape index (κ2) is 6.03. The molecular formula is C13H18F3NO2S. The molecule has 0 atom stereocenters. The second-order valence-corrected chi connectivity index (χ2v) is 7.55. The van der Waals surface area contributed by atoms with Gasteiger partial charge in [-0.05, 0) is 38.5 Å². The summed E-state index contributed by atoms with van der Waals surface area (Å²) in [7, 11) is -3.20. The van der Waals surface area contributed by atoms with E-state index in [2.05, 4.69) is 5.32 Å². The monoisotopic (exact) mass is 309 g/mol. The molecule has 1 aromatic carbocycles. The van der Waals surface area contributed by atoms with Crippen LogP contribution in [-0.4, -0.2) is 26.0 Å². The van der Waals surface area contributed by atoms with Crippen LogP contribution >= 0.6 is 0 Å². The van der Waals surface area contributed by atoms with Crippen LogP contribution < -0.4 is 5.32 Å². The molecule has 0 fully saturated rings. The van der Waals surface area contributed by atoms with Crippen molar-refractivity contribution in [2.45, 2.75) is 32.2 Å². The van der Waals surface area contributed by atoms with E-state index in [9.17, 15) is 21.6 Å². The highest BCUT2D eigenvalue weighted by molar-refractivity contribution is 7.92. The van der Waals surface area contributed by atoms with Gasteiger partial charge in [0, 0.05) is 12.2 Å². The normalized spacial score (nSPS) is 12.8. The molecule has 0 amide bonds. The van der Waals surface area contributed by atoms with E-state index >= 15 is 0 Å². The first kappa shape index (κ1) is 16.8. The molecule has 0 unspecified atom stereocenters. The van der Waals surface area contributed by atoms with E-state index in [0.29, 0.717) is 0 Å². The van der Waals surface area contributed by atoms with Gasteiger partial charge in [-0.1, -0.05) is 6.07 Å². The van der Waals surface area contributed by atoms with Crippen LogP contribution in [0, 0.1) is 6.92 Å². The van der Waals surface area contributed by atoms with Crippen LogP contribution in [0.1, 0.15) is 25.0 Å². The van der Waals surface area contributed by atoms with Crippen molar-refractivity contribution in [3.63, 3.8) is 0 Å². The van der Waals surface area contributed by atoms with Gasteiger partial charge in [0.2, 0.25) is 0 Å². The van der Waals surface area contributed by atoms with Gasteiger partial charge in [-0.2, -0.15) is 13.2 Å². The molecular weight excluding hydrogens is 291 g/mol. The van der Waals surface area contributed by atoms with Crippen molar-refractivity contribution >= 4 is 15.5 Å². The number of aryl methyl sites for hydroxylation is 1. The number of alkyl halides is 3. The minimum absolute atomic E-state index is 0.0842. The fourth-order valence-corrected chi connectivity index (χ4v) is 2.47. The summed E-state index contributed by atoms with van der Waals surface area (Å²) >= 11 is 0. The molecule has 0 aromatic heterocycles. The zero-order chi connectivity index (χ0) is 15.6. The van der Waals surface area contributed by atoms with Crippen LogP contribution in [0.3, 0.4) is 0 Å². The molecule has 0 aliphatic heterocycles. The Labute approximate surface area is 117 Å². The smallest absolute Gasteiger partial charge is 0.384 e. The van der Waals surface area contributed by atoms with Crippen molar-refractivity contribution in [1.29, 1.82) is 0 Å². The first-order valence-electron chi connectivity index (χ1n) is 6.17. The number of rotatable bonds is 5. The Morgan fingerprint density at radius 1 is 1.25 bits per heavy atom. The minimum atomic E-state index is -4.41. The van der Waals surface area contributed by atoms with Gasteiger partial charge < -0.3 is 5.32 Å². The Hall–Kier alpha value is -1.24. The van der Waals surface area contributed by atoms with Crippen molar-refractivity contribution in [3.8, 4) is 0 Å². The summed E-state index contributed by atoms with van der Waals surface area (Å²) in [6, 6.07) is 3.87. The average molecular weight is 309 g/mol. The lowest BCUT2D eigenvalue weighted by molar-refractivity contribution is -0.138. The van der Waals surface area contributed by atoms with Crippen LogP contribution in [0.25, 0.3) is 0 Å². The summed E-state index contributed by atoms with van der Waals surface area (Å²) in [6.45, 7) is 4.61. The molecule has 1 N–H and O–H groups in total. The lowest BCUT2D eigenvalue weighted by Crippen LogP contribution is -2.23. The molecule has 114 valence electrons. The second-order valence-electron chi connectivity index (χ2n) is 4.87. The molecule has 0 spiro atoms. The third kappa shape index (κ3) is 4.40. The molecule has 1 rings (SSSR count). The molecule has 3 nitrogen and oxygen atoms in total. The Bertz CT molecular complexity index is 565. The minimum Gasteiger partial charge on any atom is -0.384 e. The van der Waals surface area contributed by atoms with E-state index in [1.54, 1.807) is 13.8 Å². The molecule has 7 heteroatoms. The summed E-state index contributed by atoms with van der Waals surface area (Å²) in [6.07, 6.45) is -4.41. The fraction of sp³-hybridized carbons (Fsp3) is 0.538. The van der Waals surface area contributed by atoms with Gasteiger partial charge >= 0.3 is 6.18 Å². The molecule has 1 aromatic rings. The number of anilines is 1. The zero-order valence-corrected chi connectivity index (χ0v) is 12.4. The third-order valence-electron chi connectivity index (χ3n) is 2.98. The van der Waals surface area contributed by atoms with Gasteiger partial charge in [-0.3, -0.25) is 0 Å². The maximum atomic E-state index is 12.7. The maximum absolute atomic E-state index is 12.7. The van der Waals surface area contributed by atoms with Crippen molar-refractivity contribution < 1.29 is 21.6 Å². The van der Waals surface area contributed by atoms with E-state index in [-0.39, 0.29) is 23.5 Å². The van der Waals surface area contributed by atoms with Gasteiger partial charge in [0.1, 0.15) is 0 Å². The first-order chi connectivity index (χ1) is 9.04. The van der Waals surface area contributed by atoms with Crippen molar-refractivity contribution in [2.24, 2.45) is 0 Å². The summed E-state index contributed by atoms with van der Waals surface area (Å²) in [5.41, 5.74) is -0.311. The summed E-state index contributed by atoms with van der Waals surface area (Å²) in [5.74, 6) is -0.111. The van der Waals surface area contributed by atoms with E-state index < -0.39 is 26.8 Å². The summed E-state index contributed by atoms with van der Waals surface area (Å²) in [4.78, 5) is 0. The van der Waals surface area contributed by atoms with E-state index in [1.165, 1.54) is 19.1 Å². The van der Waals surface area contributed by atoms with Gasteiger partial charge in [-0.25, -0.2) is 8.42 Å². The highest BCUT2D eigenvalue weighted by atomic mass is 32.2. The third-order valence-corrected chi connectivity index (χ3v) is 5.19. The van der Waals surface area contributed by atoms with Crippen LogP contribution in [0.15, 0.2) is 18.2 Å². The summed E-state index contributed by atoms with van der Waals surface area (Å²) in [5, 5.41) is 2.22. The fourth-order valence-electron chi connectivity index (χ4n) is 1.61. The molecule has 20 heavy (non-hydrogen) atoms. The molecule has 0 bridgehead atoms. The van der Waals surface area contributed by atoms with E-state index in [1.807, 2.05) is 0 Å². The Kier molecular flexibility index (Phi) is 5.07. The van der Waals surface area contributed by atoms with E-state index in [0.717, 1.165) is 6.07 Å². The quantitative estimate of drug-likeness (QED) is 0.908. The largest absolute Gasteiger partial charge is 0.416 e. The van der Waals surface area contributed by atoms with Crippen molar-refractivity contribution in [1.82, 2.24) is 0 Å². The van der Waals surface area contributed by atoms with Gasteiger partial charge in [0.15, 0.2) is 9.84 Å². The van der Waals surface area contributed by atoms with Crippen LogP contribution in [0.5, 0.6) is 0 Å². The maximum Gasteiger partial charge on any atom is 0.416 e. The molecule has 0 saturated carbocycles. The number of halogens is 3.